The number of hydrogen-bond acceptors (Lipinski definition) is 4. The first-order valence-corrected chi connectivity index (χ1v) is 6.82. The smallest absolute Gasteiger partial charge is 0.246 e. The molecular weight excluding hydrogens is 242 g/mol. The molecule has 0 bridgehead atoms. The van der Waals surface area contributed by atoms with Crippen LogP contribution >= 0.6 is 0 Å². The quantitative estimate of drug-likeness (QED) is 0.608. The molecule has 1 amide bonds. The van der Waals surface area contributed by atoms with Gasteiger partial charge in [0.05, 0.1) is 0 Å². The summed E-state index contributed by atoms with van der Waals surface area (Å²) in [6, 6.07) is 0. The standard InChI is InChI=1S/C14H23N3O2/c1-5-7-11(4)14(18)15-9-6-8-12-16-13(10(2)3)17-19-12/h7,10H,5-6,8-9H2,1-4H3,(H,15,18). The largest absolute Gasteiger partial charge is 0.352 e. The topological polar surface area (TPSA) is 68.0 Å². The van der Waals surface area contributed by atoms with E-state index in [9.17, 15) is 4.79 Å². The summed E-state index contributed by atoms with van der Waals surface area (Å²) < 4.78 is 5.13. The summed E-state index contributed by atoms with van der Waals surface area (Å²) in [7, 11) is 0. The lowest BCUT2D eigenvalue weighted by atomic mass is 10.2. The van der Waals surface area contributed by atoms with Crippen LogP contribution < -0.4 is 5.32 Å². The van der Waals surface area contributed by atoms with Crippen LogP contribution in [0, 0.1) is 0 Å². The number of allylic oxidation sites excluding steroid dienone is 1. The number of amides is 1. The molecule has 0 aliphatic rings. The molecule has 0 radical (unpaired) electrons. The third-order valence-corrected chi connectivity index (χ3v) is 2.72. The van der Waals surface area contributed by atoms with Gasteiger partial charge in [0.2, 0.25) is 11.8 Å². The average molecular weight is 265 g/mol. The second-order valence-corrected chi connectivity index (χ2v) is 4.86. The zero-order chi connectivity index (χ0) is 14.3. The number of nitrogens with zero attached hydrogens (tertiary/aromatic N) is 2. The lowest BCUT2D eigenvalue weighted by molar-refractivity contribution is -0.117. The van der Waals surface area contributed by atoms with Crippen molar-refractivity contribution in [3.63, 3.8) is 0 Å². The molecule has 5 heteroatoms. The normalized spacial score (nSPS) is 11.9. The molecule has 1 aromatic rings. The fourth-order valence-electron chi connectivity index (χ4n) is 1.58. The van der Waals surface area contributed by atoms with E-state index in [2.05, 4.69) is 15.5 Å². The summed E-state index contributed by atoms with van der Waals surface area (Å²) in [5.74, 6) is 1.65. The monoisotopic (exact) mass is 265 g/mol. The van der Waals surface area contributed by atoms with Crippen molar-refractivity contribution in [3.05, 3.63) is 23.4 Å². The Morgan fingerprint density at radius 1 is 1.47 bits per heavy atom. The van der Waals surface area contributed by atoms with Crippen LogP contribution in [0.3, 0.4) is 0 Å². The van der Waals surface area contributed by atoms with Crippen molar-refractivity contribution in [1.29, 1.82) is 0 Å². The van der Waals surface area contributed by atoms with Gasteiger partial charge in [-0.3, -0.25) is 4.79 Å². The van der Waals surface area contributed by atoms with E-state index < -0.39 is 0 Å². The van der Waals surface area contributed by atoms with E-state index in [1.54, 1.807) is 0 Å². The number of carbonyl (C=O) groups is 1. The third-order valence-electron chi connectivity index (χ3n) is 2.72. The van der Waals surface area contributed by atoms with E-state index in [4.69, 9.17) is 4.52 Å². The Morgan fingerprint density at radius 3 is 2.79 bits per heavy atom. The van der Waals surface area contributed by atoms with Crippen LogP contribution in [0.15, 0.2) is 16.2 Å². The highest BCUT2D eigenvalue weighted by molar-refractivity contribution is 5.92. The summed E-state index contributed by atoms with van der Waals surface area (Å²) >= 11 is 0. The van der Waals surface area contributed by atoms with Gasteiger partial charge in [0.1, 0.15) is 0 Å². The molecule has 0 saturated heterocycles. The van der Waals surface area contributed by atoms with Crippen LogP contribution in [-0.4, -0.2) is 22.6 Å². The Balaban J connectivity index is 2.27. The van der Waals surface area contributed by atoms with Crippen LogP contribution in [0.2, 0.25) is 0 Å². The van der Waals surface area contributed by atoms with Gasteiger partial charge >= 0.3 is 0 Å². The highest BCUT2D eigenvalue weighted by Crippen LogP contribution is 2.10. The molecule has 0 aliphatic heterocycles. The van der Waals surface area contributed by atoms with Crippen LogP contribution in [0.1, 0.15) is 58.2 Å². The average Bonchev–Trinajstić information content (AvgIpc) is 2.83. The Kier molecular flexibility index (Phi) is 6.25. The van der Waals surface area contributed by atoms with E-state index >= 15 is 0 Å². The van der Waals surface area contributed by atoms with E-state index in [1.807, 2.05) is 33.8 Å². The molecule has 0 spiro atoms. The van der Waals surface area contributed by atoms with Gasteiger partial charge in [-0.1, -0.05) is 32.0 Å². The lowest BCUT2D eigenvalue weighted by Gasteiger charge is -2.03. The van der Waals surface area contributed by atoms with Gasteiger partial charge < -0.3 is 9.84 Å². The SMILES string of the molecule is CCC=C(C)C(=O)NCCCc1nc(C(C)C)no1. The van der Waals surface area contributed by atoms with Gasteiger partial charge in [0, 0.05) is 24.5 Å². The van der Waals surface area contributed by atoms with Crippen LogP contribution in [0.5, 0.6) is 0 Å². The fourth-order valence-corrected chi connectivity index (χ4v) is 1.58. The van der Waals surface area contributed by atoms with Gasteiger partial charge in [0.25, 0.3) is 0 Å². The molecule has 0 fully saturated rings. The zero-order valence-corrected chi connectivity index (χ0v) is 12.2. The molecule has 19 heavy (non-hydrogen) atoms. The van der Waals surface area contributed by atoms with Crippen LogP contribution in [-0.2, 0) is 11.2 Å². The van der Waals surface area contributed by atoms with Crippen molar-refractivity contribution in [2.24, 2.45) is 0 Å². The van der Waals surface area contributed by atoms with Gasteiger partial charge in [-0.2, -0.15) is 4.98 Å². The van der Waals surface area contributed by atoms with Gasteiger partial charge in [-0.25, -0.2) is 0 Å². The number of rotatable bonds is 7. The molecule has 0 saturated carbocycles. The number of aromatic nitrogens is 2. The van der Waals surface area contributed by atoms with Crippen molar-refractivity contribution in [2.75, 3.05) is 6.54 Å². The van der Waals surface area contributed by atoms with E-state index in [0.717, 1.165) is 24.2 Å². The fraction of sp³-hybridized carbons (Fsp3) is 0.643. The molecule has 1 heterocycles. The van der Waals surface area contributed by atoms with Crippen molar-refractivity contribution >= 4 is 5.91 Å². The summed E-state index contributed by atoms with van der Waals surface area (Å²) in [5.41, 5.74) is 0.766. The highest BCUT2D eigenvalue weighted by atomic mass is 16.5. The van der Waals surface area contributed by atoms with E-state index in [-0.39, 0.29) is 11.8 Å². The Hall–Kier alpha value is -1.65. The Bertz CT molecular complexity index is 436. The van der Waals surface area contributed by atoms with Crippen LogP contribution in [0.4, 0.5) is 0 Å². The van der Waals surface area contributed by atoms with Crippen LogP contribution in [0.25, 0.3) is 0 Å². The van der Waals surface area contributed by atoms with E-state index in [1.165, 1.54) is 0 Å². The summed E-state index contributed by atoms with van der Waals surface area (Å²) in [6.07, 6.45) is 4.28. The van der Waals surface area contributed by atoms with E-state index in [0.29, 0.717) is 18.9 Å². The molecule has 106 valence electrons. The van der Waals surface area contributed by atoms with Crippen molar-refractivity contribution in [3.8, 4) is 0 Å². The predicted molar refractivity (Wildman–Crippen MR) is 73.8 cm³/mol. The lowest BCUT2D eigenvalue weighted by Crippen LogP contribution is -2.25. The second kappa shape index (κ2) is 7.71. The van der Waals surface area contributed by atoms with Crippen molar-refractivity contribution in [1.82, 2.24) is 15.5 Å². The number of aryl methyl sites for hydroxylation is 1. The molecule has 1 aromatic heterocycles. The predicted octanol–water partition coefficient (Wildman–Crippen LogP) is 2.60. The summed E-state index contributed by atoms with van der Waals surface area (Å²) in [5, 5.41) is 6.77. The maximum Gasteiger partial charge on any atom is 0.246 e. The maximum atomic E-state index is 11.6. The third kappa shape index (κ3) is 5.24. The molecule has 0 atom stereocenters. The molecule has 5 nitrogen and oxygen atoms in total. The first kappa shape index (κ1) is 15.4. The summed E-state index contributed by atoms with van der Waals surface area (Å²) in [6.45, 7) is 8.51. The molecule has 1 N–H and O–H groups in total. The number of nitrogens with one attached hydrogen (secondary N) is 1. The minimum absolute atomic E-state index is 0.00440. The molecule has 0 aliphatic carbocycles. The minimum atomic E-state index is -0.00440. The number of hydrogen-bond donors (Lipinski definition) is 1. The first-order chi connectivity index (χ1) is 9.04. The zero-order valence-electron chi connectivity index (χ0n) is 12.2. The molecule has 0 unspecified atom stereocenters. The van der Waals surface area contributed by atoms with Gasteiger partial charge in [0.15, 0.2) is 5.82 Å². The molecule has 1 rings (SSSR count). The van der Waals surface area contributed by atoms with Gasteiger partial charge in [-0.15, -0.1) is 0 Å². The van der Waals surface area contributed by atoms with Crippen molar-refractivity contribution < 1.29 is 9.32 Å². The summed E-state index contributed by atoms with van der Waals surface area (Å²) in [4.78, 5) is 15.9. The number of carbonyl (C=O) groups excluding carboxylic acids is 1. The Morgan fingerprint density at radius 2 is 2.21 bits per heavy atom. The highest BCUT2D eigenvalue weighted by Gasteiger charge is 2.09. The Labute approximate surface area is 114 Å². The molecule has 0 aromatic carbocycles. The maximum absolute atomic E-state index is 11.6. The van der Waals surface area contributed by atoms with Gasteiger partial charge in [-0.05, 0) is 19.8 Å². The minimum Gasteiger partial charge on any atom is -0.352 e. The van der Waals surface area contributed by atoms with Crippen molar-refractivity contribution in [2.45, 2.75) is 52.9 Å². The second-order valence-electron chi connectivity index (χ2n) is 4.86. The molecular formula is C14H23N3O2. The first-order valence-electron chi connectivity index (χ1n) is 6.82.